The molecule has 0 saturated carbocycles. The number of carbonyl (C=O) groups excluding carboxylic acids is 1. The van der Waals surface area contributed by atoms with Crippen LogP contribution in [0.25, 0.3) is 17.0 Å². The maximum absolute atomic E-state index is 13.5. The van der Waals surface area contributed by atoms with Crippen LogP contribution in [-0.4, -0.2) is 20.0 Å². The number of aromatic nitrogens is 2. The SMILES string of the molecule is CCC(=O)/C=C/c1ccc(Cn2c(=O)n(CCc3ccc(O)cc3)c(=O)c3ccc(Cl)cc32)cc1. The molecule has 4 aromatic rings. The topological polar surface area (TPSA) is 81.3 Å². The number of benzene rings is 3. The predicted octanol–water partition coefficient (Wildman–Crippen LogP) is 4.81. The van der Waals surface area contributed by atoms with E-state index >= 15 is 0 Å². The predicted molar refractivity (Wildman–Crippen MR) is 139 cm³/mol. The third-order valence-corrected chi connectivity index (χ3v) is 6.11. The third kappa shape index (κ3) is 5.61. The summed E-state index contributed by atoms with van der Waals surface area (Å²) in [4.78, 5) is 38.2. The van der Waals surface area contributed by atoms with Gasteiger partial charge < -0.3 is 5.11 Å². The van der Waals surface area contributed by atoms with Gasteiger partial charge in [-0.1, -0.05) is 61.0 Å². The average Bonchev–Trinajstić information content (AvgIpc) is 2.86. The number of nitrogens with zero attached hydrogens (tertiary/aromatic N) is 2. The van der Waals surface area contributed by atoms with Crippen LogP contribution >= 0.6 is 11.6 Å². The average molecular weight is 489 g/mol. The second-order valence-electron chi connectivity index (χ2n) is 8.30. The van der Waals surface area contributed by atoms with Crippen LogP contribution in [0.5, 0.6) is 5.75 Å². The molecule has 0 unspecified atom stereocenters. The lowest BCUT2D eigenvalue weighted by Gasteiger charge is -2.15. The number of allylic oxidation sites excluding steroid dienone is 1. The molecule has 0 atom stereocenters. The van der Waals surface area contributed by atoms with Crippen LogP contribution in [0.4, 0.5) is 0 Å². The Morgan fingerprint density at radius 3 is 2.31 bits per heavy atom. The Bertz CT molecular complexity index is 1510. The fourth-order valence-electron chi connectivity index (χ4n) is 3.87. The molecule has 3 aromatic carbocycles. The van der Waals surface area contributed by atoms with E-state index in [1.807, 2.05) is 31.2 Å². The number of phenols is 1. The Morgan fingerprint density at radius 2 is 1.63 bits per heavy atom. The molecular weight excluding hydrogens is 464 g/mol. The van der Waals surface area contributed by atoms with Crippen molar-refractivity contribution in [1.29, 1.82) is 0 Å². The van der Waals surface area contributed by atoms with E-state index in [1.54, 1.807) is 59.2 Å². The zero-order valence-corrected chi connectivity index (χ0v) is 20.0. The summed E-state index contributed by atoms with van der Waals surface area (Å²) in [6, 6.07) is 19.2. The lowest BCUT2D eigenvalue weighted by Crippen LogP contribution is -2.40. The summed E-state index contributed by atoms with van der Waals surface area (Å²) in [7, 11) is 0. The summed E-state index contributed by atoms with van der Waals surface area (Å²) in [5.74, 6) is 0.216. The van der Waals surface area contributed by atoms with E-state index in [-0.39, 0.29) is 30.2 Å². The fourth-order valence-corrected chi connectivity index (χ4v) is 4.03. The first-order valence-corrected chi connectivity index (χ1v) is 11.7. The smallest absolute Gasteiger partial charge is 0.331 e. The number of ketones is 1. The van der Waals surface area contributed by atoms with Gasteiger partial charge in [0, 0.05) is 18.0 Å². The minimum atomic E-state index is -0.416. The molecular formula is C28H25ClN2O4. The zero-order valence-electron chi connectivity index (χ0n) is 19.3. The molecule has 0 spiro atoms. The molecule has 7 heteroatoms. The molecule has 0 bridgehead atoms. The number of aromatic hydroxyl groups is 1. The van der Waals surface area contributed by atoms with Gasteiger partial charge in [0.2, 0.25) is 0 Å². The molecule has 0 radical (unpaired) electrons. The van der Waals surface area contributed by atoms with Crippen LogP contribution in [0.2, 0.25) is 5.02 Å². The minimum Gasteiger partial charge on any atom is -0.508 e. The highest BCUT2D eigenvalue weighted by atomic mass is 35.5. The lowest BCUT2D eigenvalue weighted by molar-refractivity contribution is -0.114. The number of phenolic OH excluding ortho intramolecular Hbond substituents is 1. The van der Waals surface area contributed by atoms with E-state index in [4.69, 9.17) is 11.6 Å². The standard InChI is InChI=1S/C28H25ClN2O4/c1-2-23(32)11-7-19-3-5-21(6-4-19)18-31-26-17-22(29)10-14-25(26)27(34)30(28(31)35)16-15-20-8-12-24(33)13-9-20/h3-14,17,33H,2,15-16,18H2,1H3/b11-7+. The third-order valence-electron chi connectivity index (χ3n) is 5.88. The van der Waals surface area contributed by atoms with Gasteiger partial charge in [0.1, 0.15) is 5.75 Å². The molecule has 1 heterocycles. The van der Waals surface area contributed by atoms with Gasteiger partial charge in [0.15, 0.2) is 5.78 Å². The van der Waals surface area contributed by atoms with Gasteiger partial charge in [-0.2, -0.15) is 0 Å². The Balaban J connectivity index is 1.70. The lowest BCUT2D eigenvalue weighted by atomic mass is 10.1. The molecule has 0 aliphatic heterocycles. The Hall–Kier alpha value is -3.90. The molecule has 0 fully saturated rings. The molecule has 6 nitrogen and oxygen atoms in total. The van der Waals surface area contributed by atoms with Gasteiger partial charge in [-0.05, 0) is 59.5 Å². The monoisotopic (exact) mass is 488 g/mol. The first-order chi connectivity index (χ1) is 16.9. The van der Waals surface area contributed by atoms with Gasteiger partial charge in [0.05, 0.1) is 17.4 Å². The molecule has 1 N–H and O–H groups in total. The maximum Gasteiger partial charge on any atom is 0.331 e. The van der Waals surface area contributed by atoms with E-state index in [9.17, 15) is 19.5 Å². The number of hydrogen-bond donors (Lipinski definition) is 1. The van der Waals surface area contributed by atoms with Crippen LogP contribution in [0, 0.1) is 0 Å². The van der Waals surface area contributed by atoms with Crippen molar-refractivity contribution in [1.82, 2.24) is 9.13 Å². The number of rotatable bonds is 8. The Labute approximate surface area is 207 Å². The Kier molecular flexibility index (Phi) is 7.32. The highest BCUT2D eigenvalue weighted by molar-refractivity contribution is 6.31. The van der Waals surface area contributed by atoms with Gasteiger partial charge in [-0.25, -0.2) is 4.79 Å². The quantitative estimate of drug-likeness (QED) is 0.361. The summed E-state index contributed by atoms with van der Waals surface area (Å²) in [6.45, 7) is 2.28. The summed E-state index contributed by atoms with van der Waals surface area (Å²) in [6.07, 6.45) is 4.24. The van der Waals surface area contributed by atoms with E-state index in [0.29, 0.717) is 28.8 Å². The van der Waals surface area contributed by atoms with Gasteiger partial charge in [-0.3, -0.25) is 18.7 Å². The highest BCUT2D eigenvalue weighted by Gasteiger charge is 2.14. The van der Waals surface area contributed by atoms with Crippen LogP contribution in [0.3, 0.4) is 0 Å². The molecule has 0 amide bonds. The summed E-state index contributed by atoms with van der Waals surface area (Å²) >= 11 is 6.21. The van der Waals surface area contributed by atoms with Crippen molar-refractivity contribution in [3.63, 3.8) is 0 Å². The number of fused-ring (bicyclic) bond motifs is 1. The van der Waals surface area contributed by atoms with Crippen molar-refractivity contribution in [3.05, 3.63) is 115 Å². The van der Waals surface area contributed by atoms with E-state index in [2.05, 4.69) is 0 Å². The van der Waals surface area contributed by atoms with E-state index in [0.717, 1.165) is 16.7 Å². The summed E-state index contributed by atoms with van der Waals surface area (Å²) < 4.78 is 2.81. The number of halogens is 1. The summed E-state index contributed by atoms with van der Waals surface area (Å²) in [5.41, 5.74) is 2.36. The van der Waals surface area contributed by atoms with Crippen molar-refractivity contribution in [3.8, 4) is 5.75 Å². The van der Waals surface area contributed by atoms with Crippen LogP contribution in [-0.2, 0) is 24.3 Å². The maximum atomic E-state index is 13.5. The normalized spacial score (nSPS) is 11.4. The molecule has 178 valence electrons. The largest absolute Gasteiger partial charge is 0.508 e. The Morgan fingerprint density at radius 1 is 0.943 bits per heavy atom. The zero-order chi connectivity index (χ0) is 24.9. The molecule has 0 aliphatic carbocycles. The van der Waals surface area contributed by atoms with E-state index < -0.39 is 5.69 Å². The molecule has 35 heavy (non-hydrogen) atoms. The molecule has 1 aromatic heterocycles. The number of hydrogen-bond acceptors (Lipinski definition) is 4. The fraction of sp³-hybridized carbons (Fsp3) is 0.179. The van der Waals surface area contributed by atoms with Crippen molar-refractivity contribution >= 4 is 34.4 Å². The molecule has 0 aliphatic rings. The highest BCUT2D eigenvalue weighted by Crippen LogP contribution is 2.18. The van der Waals surface area contributed by atoms with Gasteiger partial charge in [-0.15, -0.1) is 0 Å². The van der Waals surface area contributed by atoms with Crippen molar-refractivity contribution in [2.75, 3.05) is 0 Å². The van der Waals surface area contributed by atoms with Gasteiger partial charge in [0.25, 0.3) is 5.56 Å². The van der Waals surface area contributed by atoms with Crippen molar-refractivity contribution in [2.45, 2.75) is 32.9 Å². The number of carbonyl (C=O) groups is 1. The first-order valence-electron chi connectivity index (χ1n) is 11.4. The second-order valence-corrected chi connectivity index (χ2v) is 8.73. The van der Waals surface area contributed by atoms with Crippen LogP contribution in [0.15, 0.2) is 82.4 Å². The summed E-state index contributed by atoms with van der Waals surface area (Å²) in [5, 5.41) is 10.3. The number of aryl methyl sites for hydroxylation is 1. The first kappa shape index (κ1) is 24.2. The second kappa shape index (κ2) is 10.6. The minimum absolute atomic E-state index is 0.0542. The van der Waals surface area contributed by atoms with Gasteiger partial charge >= 0.3 is 5.69 Å². The van der Waals surface area contributed by atoms with Crippen LogP contribution < -0.4 is 11.2 Å². The van der Waals surface area contributed by atoms with Crippen molar-refractivity contribution < 1.29 is 9.90 Å². The molecule has 4 rings (SSSR count). The van der Waals surface area contributed by atoms with E-state index in [1.165, 1.54) is 4.57 Å². The molecule has 0 saturated heterocycles. The van der Waals surface area contributed by atoms with Crippen molar-refractivity contribution in [2.24, 2.45) is 0 Å². The van der Waals surface area contributed by atoms with Crippen LogP contribution in [0.1, 0.15) is 30.0 Å².